The van der Waals surface area contributed by atoms with Gasteiger partial charge in [-0.3, -0.25) is 0 Å². The number of nitrogens with one attached hydrogen (secondary N) is 2. The summed E-state index contributed by atoms with van der Waals surface area (Å²) in [6, 6.07) is 14.3. The number of hydrogen-bond acceptors (Lipinski definition) is 1. The van der Waals surface area contributed by atoms with E-state index in [1.165, 1.54) is 25.7 Å². The van der Waals surface area contributed by atoms with Gasteiger partial charge in [-0.05, 0) is 24.3 Å². The molecule has 0 saturated heterocycles. The number of urea groups is 1. The summed E-state index contributed by atoms with van der Waals surface area (Å²) >= 11 is 0. The van der Waals surface area contributed by atoms with Gasteiger partial charge in [0.05, 0.1) is 5.69 Å². The van der Waals surface area contributed by atoms with Gasteiger partial charge in [-0.1, -0.05) is 62.1 Å². The maximum Gasteiger partial charge on any atom is 0.319 e. The molecule has 1 fully saturated rings. The molecule has 3 nitrogen and oxygen atoms in total. The summed E-state index contributed by atoms with van der Waals surface area (Å²) in [4.78, 5) is 12.2. The first kappa shape index (κ1) is 13.9. The van der Waals surface area contributed by atoms with E-state index in [-0.39, 0.29) is 6.03 Å². The number of anilines is 1. The standard InChI is InChI=1S/C18H22N2O/c21-18(19-15-10-3-1-2-4-11-15)20-17-13-7-9-14-8-5-6-12-16(14)17/h5-9,12-13,15H,1-4,10-11H2,(H2,19,20,21). The van der Waals surface area contributed by atoms with E-state index in [4.69, 9.17) is 0 Å². The van der Waals surface area contributed by atoms with E-state index in [0.29, 0.717) is 6.04 Å². The van der Waals surface area contributed by atoms with Crippen molar-refractivity contribution in [3.63, 3.8) is 0 Å². The van der Waals surface area contributed by atoms with Crippen LogP contribution in [0, 0.1) is 0 Å². The molecule has 2 aromatic rings. The lowest BCUT2D eigenvalue weighted by Crippen LogP contribution is -2.37. The highest BCUT2D eigenvalue weighted by atomic mass is 16.2. The Bertz CT molecular complexity index is 610. The van der Waals surface area contributed by atoms with Crippen molar-refractivity contribution in [2.75, 3.05) is 5.32 Å². The second-order valence-electron chi connectivity index (χ2n) is 5.81. The Labute approximate surface area is 125 Å². The van der Waals surface area contributed by atoms with Crippen LogP contribution >= 0.6 is 0 Å². The first-order chi connectivity index (χ1) is 10.3. The van der Waals surface area contributed by atoms with E-state index < -0.39 is 0 Å². The molecular formula is C18H22N2O. The van der Waals surface area contributed by atoms with Crippen molar-refractivity contribution >= 4 is 22.5 Å². The lowest BCUT2D eigenvalue weighted by molar-refractivity contribution is 0.247. The van der Waals surface area contributed by atoms with Gasteiger partial charge >= 0.3 is 6.03 Å². The van der Waals surface area contributed by atoms with E-state index in [9.17, 15) is 4.79 Å². The molecule has 110 valence electrons. The maximum absolute atomic E-state index is 12.2. The number of carbonyl (C=O) groups excluding carboxylic acids is 1. The Hall–Kier alpha value is -2.03. The van der Waals surface area contributed by atoms with Crippen molar-refractivity contribution in [2.45, 2.75) is 44.6 Å². The van der Waals surface area contributed by atoms with Crippen molar-refractivity contribution < 1.29 is 4.79 Å². The summed E-state index contributed by atoms with van der Waals surface area (Å²) in [6.45, 7) is 0. The van der Waals surface area contributed by atoms with Crippen LogP contribution in [0.15, 0.2) is 42.5 Å². The summed E-state index contributed by atoms with van der Waals surface area (Å²) < 4.78 is 0. The van der Waals surface area contributed by atoms with Gasteiger partial charge in [0.15, 0.2) is 0 Å². The fourth-order valence-corrected chi connectivity index (χ4v) is 3.10. The molecule has 2 amide bonds. The highest BCUT2D eigenvalue weighted by Crippen LogP contribution is 2.23. The van der Waals surface area contributed by atoms with Crippen LogP contribution in [0.4, 0.5) is 10.5 Å². The predicted octanol–water partition coefficient (Wildman–Crippen LogP) is 4.68. The van der Waals surface area contributed by atoms with E-state index >= 15 is 0 Å². The minimum absolute atomic E-state index is 0.0850. The third-order valence-corrected chi connectivity index (χ3v) is 4.23. The molecule has 1 aliphatic rings. The summed E-state index contributed by atoms with van der Waals surface area (Å²) in [6.07, 6.45) is 7.23. The van der Waals surface area contributed by atoms with E-state index in [1.54, 1.807) is 0 Å². The molecule has 0 aromatic heterocycles. The van der Waals surface area contributed by atoms with Gasteiger partial charge in [-0.25, -0.2) is 4.79 Å². The Morgan fingerprint density at radius 3 is 2.43 bits per heavy atom. The van der Waals surface area contributed by atoms with Gasteiger partial charge in [-0.15, -0.1) is 0 Å². The second-order valence-corrected chi connectivity index (χ2v) is 5.81. The third kappa shape index (κ3) is 3.54. The van der Waals surface area contributed by atoms with Crippen molar-refractivity contribution in [1.82, 2.24) is 5.32 Å². The molecule has 0 bridgehead atoms. The lowest BCUT2D eigenvalue weighted by Gasteiger charge is -2.17. The Balaban J connectivity index is 1.68. The zero-order valence-electron chi connectivity index (χ0n) is 12.3. The molecule has 21 heavy (non-hydrogen) atoms. The highest BCUT2D eigenvalue weighted by molar-refractivity contribution is 6.01. The topological polar surface area (TPSA) is 41.1 Å². The van der Waals surface area contributed by atoms with Gasteiger partial charge < -0.3 is 10.6 Å². The summed E-state index contributed by atoms with van der Waals surface area (Å²) in [5.41, 5.74) is 0.874. The van der Waals surface area contributed by atoms with Crippen LogP contribution < -0.4 is 10.6 Å². The van der Waals surface area contributed by atoms with Gasteiger partial charge in [0.25, 0.3) is 0 Å². The number of carbonyl (C=O) groups is 1. The van der Waals surface area contributed by atoms with Crippen LogP contribution in [-0.4, -0.2) is 12.1 Å². The molecule has 0 radical (unpaired) electrons. The zero-order valence-corrected chi connectivity index (χ0v) is 12.3. The molecule has 2 aromatic carbocycles. The van der Waals surface area contributed by atoms with Gasteiger partial charge in [-0.2, -0.15) is 0 Å². The SMILES string of the molecule is O=C(Nc1cccc2ccccc12)NC1CCCCCC1. The monoisotopic (exact) mass is 282 g/mol. The number of benzene rings is 2. The number of hydrogen-bond donors (Lipinski definition) is 2. The molecule has 0 unspecified atom stereocenters. The van der Waals surface area contributed by atoms with Crippen molar-refractivity contribution in [1.29, 1.82) is 0 Å². The molecule has 3 rings (SSSR count). The second kappa shape index (κ2) is 6.61. The maximum atomic E-state index is 12.2. The smallest absolute Gasteiger partial charge is 0.319 e. The minimum atomic E-state index is -0.0850. The highest BCUT2D eigenvalue weighted by Gasteiger charge is 2.15. The fourth-order valence-electron chi connectivity index (χ4n) is 3.10. The van der Waals surface area contributed by atoms with E-state index in [0.717, 1.165) is 29.3 Å². The molecule has 1 saturated carbocycles. The Morgan fingerprint density at radius 1 is 0.905 bits per heavy atom. The average Bonchev–Trinajstić information content (AvgIpc) is 2.76. The van der Waals surface area contributed by atoms with Crippen LogP contribution in [0.5, 0.6) is 0 Å². The van der Waals surface area contributed by atoms with Crippen molar-refractivity contribution in [3.05, 3.63) is 42.5 Å². The first-order valence-electron chi connectivity index (χ1n) is 7.88. The van der Waals surface area contributed by atoms with Crippen molar-refractivity contribution in [3.8, 4) is 0 Å². The zero-order chi connectivity index (χ0) is 14.5. The van der Waals surface area contributed by atoms with E-state index in [1.807, 2.05) is 30.3 Å². The Morgan fingerprint density at radius 2 is 1.62 bits per heavy atom. The molecule has 0 spiro atoms. The number of rotatable bonds is 2. The Kier molecular flexibility index (Phi) is 4.39. The summed E-state index contributed by atoms with van der Waals surface area (Å²) in [7, 11) is 0. The van der Waals surface area contributed by atoms with Crippen LogP contribution in [0.1, 0.15) is 38.5 Å². The summed E-state index contributed by atoms with van der Waals surface area (Å²) in [5, 5.41) is 8.35. The van der Waals surface area contributed by atoms with Gasteiger partial charge in [0.2, 0.25) is 0 Å². The van der Waals surface area contributed by atoms with Gasteiger partial charge in [0.1, 0.15) is 0 Å². The first-order valence-corrected chi connectivity index (χ1v) is 7.88. The third-order valence-electron chi connectivity index (χ3n) is 4.23. The predicted molar refractivity (Wildman–Crippen MR) is 87.6 cm³/mol. The van der Waals surface area contributed by atoms with Crippen molar-refractivity contribution in [2.24, 2.45) is 0 Å². The van der Waals surface area contributed by atoms with Gasteiger partial charge in [0, 0.05) is 11.4 Å². The molecule has 0 atom stereocenters. The van der Waals surface area contributed by atoms with Crippen LogP contribution in [0.2, 0.25) is 0 Å². The lowest BCUT2D eigenvalue weighted by atomic mass is 10.1. The van der Waals surface area contributed by atoms with Crippen LogP contribution in [-0.2, 0) is 0 Å². The summed E-state index contributed by atoms with van der Waals surface area (Å²) in [5.74, 6) is 0. The van der Waals surface area contributed by atoms with Crippen LogP contribution in [0.25, 0.3) is 10.8 Å². The molecule has 0 aliphatic heterocycles. The number of amides is 2. The molecular weight excluding hydrogens is 260 g/mol. The minimum Gasteiger partial charge on any atom is -0.335 e. The average molecular weight is 282 g/mol. The largest absolute Gasteiger partial charge is 0.335 e. The quantitative estimate of drug-likeness (QED) is 0.771. The molecule has 2 N–H and O–H groups in total. The van der Waals surface area contributed by atoms with E-state index in [2.05, 4.69) is 22.8 Å². The molecule has 1 aliphatic carbocycles. The normalized spacial score (nSPS) is 16.4. The molecule has 0 heterocycles. The number of fused-ring (bicyclic) bond motifs is 1. The molecule has 3 heteroatoms. The van der Waals surface area contributed by atoms with Crippen LogP contribution in [0.3, 0.4) is 0 Å². The fraction of sp³-hybridized carbons (Fsp3) is 0.389.